The highest BCUT2D eigenvalue weighted by atomic mass is 32.2. The van der Waals surface area contributed by atoms with Gasteiger partial charge in [-0.2, -0.15) is 10.4 Å². The van der Waals surface area contributed by atoms with Crippen LogP contribution in [0.4, 0.5) is 0 Å². The Morgan fingerprint density at radius 2 is 1.93 bits per heavy atom. The van der Waals surface area contributed by atoms with Crippen LogP contribution in [0.3, 0.4) is 0 Å². The predicted molar refractivity (Wildman–Crippen MR) is 122 cm³/mol. The fourth-order valence-electron chi connectivity index (χ4n) is 2.91. The van der Waals surface area contributed by atoms with Crippen molar-refractivity contribution < 1.29 is 4.79 Å². The summed E-state index contributed by atoms with van der Waals surface area (Å²) >= 11 is 1.84. The average molecular weight is 417 g/mol. The molecule has 6 heteroatoms. The average Bonchev–Trinajstić information content (AvgIpc) is 3.22. The Morgan fingerprint density at radius 1 is 1.20 bits per heavy atom. The minimum absolute atomic E-state index is 0.0399. The van der Waals surface area contributed by atoms with Crippen LogP contribution in [0.15, 0.2) is 71.3 Å². The lowest BCUT2D eigenvalue weighted by Gasteiger charge is -2.04. The molecule has 1 heterocycles. The van der Waals surface area contributed by atoms with Gasteiger partial charge in [-0.25, -0.2) is 4.68 Å². The van der Waals surface area contributed by atoms with Gasteiger partial charge in [-0.1, -0.05) is 43.7 Å². The molecule has 2 aromatic carbocycles. The maximum absolute atomic E-state index is 12.0. The van der Waals surface area contributed by atoms with Crippen molar-refractivity contribution in [2.24, 2.45) is 0 Å². The van der Waals surface area contributed by atoms with E-state index in [1.807, 2.05) is 66.5 Å². The van der Waals surface area contributed by atoms with Gasteiger partial charge in [0.25, 0.3) is 5.91 Å². The van der Waals surface area contributed by atoms with E-state index in [9.17, 15) is 10.1 Å². The molecule has 0 radical (unpaired) electrons. The van der Waals surface area contributed by atoms with E-state index in [0.717, 1.165) is 22.7 Å². The van der Waals surface area contributed by atoms with Crippen LogP contribution in [0.25, 0.3) is 23.0 Å². The molecule has 30 heavy (non-hydrogen) atoms. The maximum Gasteiger partial charge on any atom is 0.261 e. The monoisotopic (exact) mass is 416 g/mol. The number of amides is 1. The highest BCUT2D eigenvalue weighted by molar-refractivity contribution is 7.99. The third kappa shape index (κ3) is 5.19. The van der Waals surface area contributed by atoms with E-state index in [2.05, 4.69) is 24.4 Å². The highest BCUT2D eigenvalue weighted by Gasteiger charge is 2.14. The number of carbonyl (C=O) groups is 1. The first-order valence-electron chi connectivity index (χ1n) is 9.88. The van der Waals surface area contributed by atoms with E-state index in [-0.39, 0.29) is 5.57 Å². The smallest absolute Gasteiger partial charge is 0.261 e. The van der Waals surface area contributed by atoms with Crippen molar-refractivity contribution in [3.63, 3.8) is 0 Å². The van der Waals surface area contributed by atoms with Crippen molar-refractivity contribution in [2.45, 2.75) is 24.7 Å². The lowest BCUT2D eigenvalue weighted by molar-refractivity contribution is -0.116. The first kappa shape index (κ1) is 21.4. The molecule has 0 saturated heterocycles. The molecular formula is C24H24N4OS. The SMILES string of the molecule is CCCCSc1ccc(-c2nn(-c3ccccc3)cc2/C=C(/C#N)C(=O)NC)cc1. The minimum Gasteiger partial charge on any atom is -0.354 e. The molecule has 152 valence electrons. The Balaban J connectivity index is 2.01. The summed E-state index contributed by atoms with van der Waals surface area (Å²) in [6.07, 6.45) is 5.81. The van der Waals surface area contributed by atoms with Crippen LogP contribution in [-0.4, -0.2) is 28.5 Å². The van der Waals surface area contributed by atoms with Crippen LogP contribution < -0.4 is 5.32 Å². The number of nitrogens with one attached hydrogen (secondary N) is 1. The fraction of sp³-hybridized carbons (Fsp3) is 0.208. The highest BCUT2D eigenvalue weighted by Crippen LogP contribution is 2.28. The maximum atomic E-state index is 12.0. The molecule has 3 rings (SSSR count). The summed E-state index contributed by atoms with van der Waals surface area (Å²) < 4.78 is 1.77. The third-order valence-corrected chi connectivity index (χ3v) is 5.65. The van der Waals surface area contributed by atoms with Crippen molar-refractivity contribution in [2.75, 3.05) is 12.8 Å². The molecule has 1 amide bonds. The fourth-order valence-corrected chi connectivity index (χ4v) is 3.91. The zero-order valence-electron chi connectivity index (χ0n) is 17.1. The summed E-state index contributed by atoms with van der Waals surface area (Å²) in [5.41, 5.74) is 3.32. The number of benzene rings is 2. The van der Waals surface area contributed by atoms with Crippen molar-refractivity contribution in [1.29, 1.82) is 5.26 Å². The number of hydrogen-bond acceptors (Lipinski definition) is 4. The summed E-state index contributed by atoms with van der Waals surface area (Å²) in [6, 6.07) is 20.0. The zero-order valence-corrected chi connectivity index (χ0v) is 17.9. The molecule has 0 aliphatic rings. The summed E-state index contributed by atoms with van der Waals surface area (Å²) in [4.78, 5) is 13.2. The largest absolute Gasteiger partial charge is 0.354 e. The minimum atomic E-state index is -0.418. The molecule has 0 atom stereocenters. The lowest BCUT2D eigenvalue weighted by atomic mass is 10.1. The molecule has 0 unspecified atom stereocenters. The number of likely N-dealkylation sites (N-methyl/N-ethyl adjacent to an activating group) is 1. The quantitative estimate of drug-likeness (QED) is 0.240. The van der Waals surface area contributed by atoms with E-state index in [1.54, 1.807) is 10.8 Å². The normalized spacial score (nSPS) is 11.2. The number of aromatic nitrogens is 2. The second-order valence-electron chi connectivity index (χ2n) is 6.69. The number of nitrogens with zero attached hydrogens (tertiary/aromatic N) is 3. The second-order valence-corrected chi connectivity index (χ2v) is 7.86. The van der Waals surface area contributed by atoms with Gasteiger partial charge in [-0.3, -0.25) is 4.79 Å². The number of unbranched alkanes of at least 4 members (excludes halogenated alkanes) is 1. The van der Waals surface area contributed by atoms with Crippen LogP contribution in [0.2, 0.25) is 0 Å². The van der Waals surface area contributed by atoms with Gasteiger partial charge < -0.3 is 5.32 Å². The summed E-state index contributed by atoms with van der Waals surface area (Å²) in [6.45, 7) is 2.19. The number of nitriles is 1. The molecule has 0 saturated carbocycles. The van der Waals surface area contributed by atoms with E-state index in [0.29, 0.717) is 5.56 Å². The van der Waals surface area contributed by atoms with Gasteiger partial charge in [0.15, 0.2) is 0 Å². The summed E-state index contributed by atoms with van der Waals surface area (Å²) in [7, 11) is 1.51. The molecule has 1 N–H and O–H groups in total. The molecule has 3 aromatic rings. The van der Waals surface area contributed by atoms with E-state index >= 15 is 0 Å². The van der Waals surface area contributed by atoms with Crippen molar-refractivity contribution in [1.82, 2.24) is 15.1 Å². The van der Waals surface area contributed by atoms with Gasteiger partial charge >= 0.3 is 0 Å². The number of hydrogen-bond donors (Lipinski definition) is 1. The molecule has 0 aliphatic heterocycles. The van der Waals surface area contributed by atoms with E-state index < -0.39 is 5.91 Å². The van der Waals surface area contributed by atoms with Gasteiger partial charge in [-0.15, -0.1) is 11.8 Å². The summed E-state index contributed by atoms with van der Waals surface area (Å²) in [5, 5.41) is 16.7. The summed E-state index contributed by atoms with van der Waals surface area (Å²) in [5.74, 6) is 0.683. The topological polar surface area (TPSA) is 70.7 Å². The molecule has 5 nitrogen and oxygen atoms in total. The number of para-hydroxylation sites is 1. The molecule has 0 aliphatic carbocycles. The van der Waals surface area contributed by atoms with Crippen LogP contribution in [-0.2, 0) is 4.79 Å². The first-order valence-corrected chi connectivity index (χ1v) is 10.9. The third-order valence-electron chi connectivity index (χ3n) is 4.55. The van der Waals surface area contributed by atoms with Crippen molar-refractivity contribution in [3.05, 3.63) is 71.9 Å². The Hall–Kier alpha value is -3.30. The predicted octanol–water partition coefficient (Wildman–Crippen LogP) is 5.08. The van der Waals surface area contributed by atoms with Gasteiger partial charge in [0.05, 0.1) is 11.4 Å². The van der Waals surface area contributed by atoms with E-state index in [4.69, 9.17) is 5.10 Å². The van der Waals surface area contributed by atoms with Crippen molar-refractivity contribution >= 4 is 23.7 Å². The molecular weight excluding hydrogens is 392 g/mol. The standard InChI is InChI=1S/C24H24N4OS/c1-3-4-14-30-22-12-10-18(11-13-22)23-20(15-19(16-25)24(29)26-2)17-28(27-23)21-8-6-5-7-9-21/h5-13,15,17H,3-4,14H2,1-2H3,(H,26,29)/b19-15-. The molecule has 1 aromatic heterocycles. The van der Waals surface area contributed by atoms with Gasteiger partial charge in [0.2, 0.25) is 0 Å². The second kappa shape index (κ2) is 10.5. The Bertz CT molecular complexity index is 1060. The van der Waals surface area contributed by atoms with Crippen LogP contribution in [0, 0.1) is 11.3 Å². The van der Waals surface area contributed by atoms with Gasteiger partial charge in [0.1, 0.15) is 11.6 Å². The molecule has 0 spiro atoms. The Kier molecular flexibility index (Phi) is 7.47. The van der Waals surface area contributed by atoms with Gasteiger partial charge in [-0.05, 0) is 42.5 Å². The van der Waals surface area contributed by atoms with Crippen molar-refractivity contribution in [3.8, 4) is 23.0 Å². The Morgan fingerprint density at radius 3 is 2.57 bits per heavy atom. The Labute approximate surface area is 181 Å². The molecule has 0 fully saturated rings. The van der Waals surface area contributed by atoms with E-state index in [1.165, 1.54) is 24.8 Å². The lowest BCUT2D eigenvalue weighted by Crippen LogP contribution is -2.19. The van der Waals surface area contributed by atoms with Crippen LogP contribution >= 0.6 is 11.8 Å². The number of thioether (sulfide) groups is 1. The molecule has 0 bridgehead atoms. The van der Waals surface area contributed by atoms with Crippen LogP contribution in [0.5, 0.6) is 0 Å². The van der Waals surface area contributed by atoms with Gasteiger partial charge in [0, 0.05) is 29.3 Å². The van der Waals surface area contributed by atoms with Crippen LogP contribution in [0.1, 0.15) is 25.3 Å². The zero-order chi connectivity index (χ0) is 21.3. The number of carbonyl (C=O) groups excluding carboxylic acids is 1. The first-order chi connectivity index (χ1) is 14.7. The number of rotatable bonds is 8.